The molecule has 0 aromatic heterocycles. The number of hydrogen-bond donors (Lipinski definition) is 0. The molecule has 5 nitrogen and oxygen atoms in total. The van der Waals surface area contributed by atoms with Gasteiger partial charge in [0.15, 0.2) is 0 Å². The molecule has 0 aromatic carbocycles. The summed E-state index contributed by atoms with van der Waals surface area (Å²) in [6.07, 6.45) is 12.7. The third-order valence-electron chi connectivity index (χ3n) is 4.84. The lowest BCUT2D eigenvalue weighted by Gasteiger charge is -2.28. The predicted molar refractivity (Wildman–Crippen MR) is 104 cm³/mol. The monoisotopic (exact) mass is 367 g/mol. The van der Waals surface area contributed by atoms with Crippen LogP contribution in [0.1, 0.15) is 71.6 Å². The van der Waals surface area contributed by atoms with Gasteiger partial charge in [-0.1, -0.05) is 31.4 Å². The molecule has 150 valence electrons. The SMILES string of the molecule is C/C=C/CCCCCCCC(=O)OCC(C)OC(=O)C1CCN(C)CC1. The zero-order valence-electron chi connectivity index (χ0n) is 16.9. The standard InChI is InChI=1S/C21H37NO4/c1-4-5-6-7-8-9-10-11-12-20(23)25-17-18(2)26-21(24)19-13-15-22(3)16-14-19/h4-5,18-19H,6-17H2,1-3H3/b5-4+. The molecule has 0 radical (unpaired) electrons. The van der Waals surface area contributed by atoms with E-state index in [0.29, 0.717) is 6.42 Å². The lowest BCUT2D eigenvalue weighted by Crippen LogP contribution is -2.36. The Hall–Kier alpha value is -1.36. The lowest BCUT2D eigenvalue weighted by atomic mass is 9.97. The summed E-state index contributed by atoms with van der Waals surface area (Å²) in [6.45, 7) is 5.84. The first kappa shape index (κ1) is 22.7. The van der Waals surface area contributed by atoms with Crippen LogP contribution < -0.4 is 0 Å². The molecule has 1 aliphatic rings. The number of nitrogens with zero attached hydrogens (tertiary/aromatic N) is 1. The third-order valence-corrected chi connectivity index (χ3v) is 4.84. The van der Waals surface area contributed by atoms with Crippen LogP contribution in [0.15, 0.2) is 12.2 Å². The molecule has 0 aliphatic carbocycles. The smallest absolute Gasteiger partial charge is 0.309 e. The van der Waals surface area contributed by atoms with Gasteiger partial charge in [-0.3, -0.25) is 9.59 Å². The van der Waals surface area contributed by atoms with Crippen molar-refractivity contribution >= 4 is 11.9 Å². The zero-order valence-corrected chi connectivity index (χ0v) is 16.9. The maximum absolute atomic E-state index is 12.1. The van der Waals surface area contributed by atoms with Crippen LogP contribution in [0.3, 0.4) is 0 Å². The van der Waals surface area contributed by atoms with Crippen LogP contribution in [-0.2, 0) is 19.1 Å². The quantitative estimate of drug-likeness (QED) is 0.295. The molecule has 26 heavy (non-hydrogen) atoms. The first-order valence-electron chi connectivity index (χ1n) is 10.2. The maximum atomic E-state index is 12.1. The molecule has 1 aliphatic heterocycles. The van der Waals surface area contributed by atoms with Gasteiger partial charge in [-0.15, -0.1) is 0 Å². The Kier molecular flexibility index (Phi) is 12.0. The fraction of sp³-hybridized carbons (Fsp3) is 0.810. The highest BCUT2D eigenvalue weighted by molar-refractivity contribution is 5.73. The van der Waals surface area contributed by atoms with Crippen molar-refractivity contribution in [1.29, 1.82) is 0 Å². The predicted octanol–water partition coefficient (Wildman–Crippen LogP) is 4.11. The Bertz CT molecular complexity index is 428. The molecule has 5 heteroatoms. The van der Waals surface area contributed by atoms with E-state index in [9.17, 15) is 9.59 Å². The summed E-state index contributed by atoms with van der Waals surface area (Å²) < 4.78 is 10.7. The highest BCUT2D eigenvalue weighted by Crippen LogP contribution is 2.18. The highest BCUT2D eigenvalue weighted by Gasteiger charge is 2.26. The molecular weight excluding hydrogens is 330 g/mol. The van der Waals surface area contributed by atoms with Crippen molar-refractivity contribution in [2.75, 3.05) is 26.7 Å². The van der Waals surface area contributed by atoms with Crippen molar-refractivity contribution in [1.82, 2.24) is 4.90 Å². The molecule has 0 N–H and O–H groups in total. The summed E-state index contributed by atoms with van der Waals surface area (Å²) in [4.78, 5) is 26.1. The van der Waals surface area contributed by atoms with Crippen LogP contribution in [0.25, 0.3) is 0 Å². The number of likely N-dealkylation sites (tertiary alicyclic amines) is 1. The molecule has 0 saturated carbocycles. The van der Waals surface area contributed by atoms with Crippen LogP contribution in [0.4, 0.5) is 0 Å². The van der Waals surface area contributed by atoms with E-state index in [0.717, 1.165) is 51.6 Å². The van der Waals surface area contributed by atoms with Gasteiger partial charge in [-0.05, 0) is 66.1 Å². The van der Waals surface area contributed by atoms with Crippen LogP contribution in [0.5, 0.6) is 0 Å². The van der Waals surface area contributed by atoms with Crippen molar-refractivity contribution in [2.24, 2.45) is 5.92 Å². The Labute approximate surface area is 159 Å². The van der Waals surface area contributed by atoms with Crippen LogP contribution in [-0.4, -0.2) is 49.7 Å². The minimum Gasteiger partial charge on any atom is -0.462 e. The van der Waals surface area contributed by atoms with Gasteiger partial charge in [0.25, 0.3) is 0 Å². The fourth-order valence-corrected chi connectivity index (χ4v) is 3.08. The summed E-state index contributed by atoms with van der Waals surface area (Å²) in [5.41, 5.74) is 0. The number of piperidine rings is 1. The van der Waals surface area contributed by atoms with Gasteiger partial charge in [-0.25, -0.2) is 0 Å². The molecule has 1 fully saturated rings. The summed E-state index contributed by atoms with van der Waals surface area (Å²) in [5, 5.41) is 0. The molecule has 1 rings (SSSR count). The zero-order chi connectivity index (χ0) is 19.2. The molecule has 1 heterocycles. The van der Waals surface area contributed by atoms with Crippen molar-refractivity contribution in [3.8, 4) is 0 Å². The van der Waals surface area contributed by atoms with Gasteiger partial charge >= 0.3 is 11.9 Å². The number of carbonyl (C=O) groups excluding carboxylic acids is 2. The number of esters is 2. The first-order chi connectivity index (χ1) is 12.5. The Morgan fingerprint density at radius 2 is 1.77 bits per heavy atom. The minimum absolute atomic E-state index is 0.0165. The molecule has 0 amide bonds. The van der Waals surface area contributed by atoms with E-state index in [1.165, 1.54) is 12.8 Å². The van der Waals surface area contributed by atoms with Crippen molar-refractivity contribution < 1.29 is 19.1 Å². The highest BCUT2D eigenvalue weighted by atomic mass is 16.6. The molecule has 0 aromatic rings. The van der Waals surface area contributed by atoms with Crippen LogP contribution in [0, 0.1) is 5.92 Å². The molecular formula is C21H37NO4. The Morgan fingerprint density at radius 1 is 1.12 bits per heavy atom. The number of hydrogen-bond acceptors (Lipinski definition) is 5. The number of unbranched alkanes of at least 4 members (excludes halogenated alkanes) is 5. The van der Waals surface area contributed by atoms with Gasteiger partial charge < -0.3 is 14.4 Å². The second kappa shape index (κ2) is 13.8. The average molecular weight is 368 g/mol. The normalized spacial score (nSPS) is 17.3. The van der Waals surface area contributed by atoms with Crippen LogP contribution in [0.2, 0.25) is 0 Å². The molecule has 1 unspecified atom stereocenters. The third kappa shape index (κ3) is 10.6. The van der Waals surface area contributed by atoms with E-state index in [1.807, 2.05) is 6.92 Å². The van der Waals surface area contributed by atoms with E-state index >= 15 is 0 Å². The maximum Gasteiger partial charge on any atom is 0.309 e. The summed E-state index contributed by atoms with van der Waals surface area (Å²) in [7, 11) is 2.06. The minimum atomic E-state index is -0.377. The van der Waals surface area contributed by atoms with E-state index in [1.54, 1.807) is 6.92 Å². The molecule has 0 bridgehead atoms. The van der Waals surface area contributed by atoms with E-state index in [2.05, 4.69) is 24.1 Å². The van der Waals surface area contributed by atoms with Gasteiger partial charge in [0.05, 0.1) is 5.92 Å². The fourth-order valence-electron chi connectivity index (χ4n) is 3.08. The summed E-state index contributed by atoms with van der Waals surface area (Å²) >= 11 is 0. The number of allylic oxidation sites excluding steroid dienone is 2. The molecule has 1 atom stereocenters. The lowest BCUT2D eigenvalue weighted by molar-refractivity contribution is -0.162. The topological polar surface area (TPSA) is 55.8 Å². The van der Waals surface area contributed by atoms with Crippen molar-refractivity contribution in [3.63, 3.8) is 0 Å². The van der Waals surface area contributed by atoms with Crippen molar-refractivity contribution in [2.45, 2.75) is 77.7 Å². The second-order valence-electron chi connectivity index (χ2n) is 7.38. The van der Waals surface area contributed by atoms with Crippen LogP contribution >= 0.6 is 0 Å². The summed E-state index contributed by atoms with van der Waals surface area (Å²) in [6, 6.07) is 0. The molecule has 0 spiro atoms. The summed E-state index contributed by atoms with van der Waals surface area (Å²) in [5.74, 6) is -0.363. The largest absolute Gasteiger partial charge is 0.462 e. The molecule has 1 saturated heterocycles. The number of carbonyl (C=O) groups is 2. The number of rotatable bonds is 12. The van der Waals surface area contributed by atoms with E-state index < -0.39 is 0 Å². The van der Waals surface area contributed by atoms with Crippen molar-refractivity contribution in [3.05, 3.63) is 12.2 Å². The Balaban J connectivity index is 2.02. The average Bonchev–Trinajstić information content (AvgIpc) is 2.62. The van der Waals surface area contributed by atoms with Gasteiger partial charge in [0.2, 0.25) is 0 Å². The van der Waals surface area contributed by atoms with Gasteiger partial charge in [0, 0.05) is 6.42 Å². The first-order valence-corrected chi connectivity index (χ1v) is 10.2. The van der Waals surface area contributed by atoms with Gasteiger partial charge in [0.1, 0.15) is 12.7 Å². The van der Waals surface area contributed by atoms with E-state index in [4.69, 9.17) is 9.47 Å². The second-order valence-corrected chi connectivity index (χ2v) is 7.38. The van der Waals surface area contributed by atoms with Gasteiger partial charge in [-0.2, -0.15) is 0 Å². The number of ether oxygens (including phenoxy) is 2. The van der Waals surface area contributed by atoms with E-state index in [-0.39, 0.29) is 30.6 Å². The Morgan fingerprint density at radius 3 is 2.46 bits per heavy atom.